The highest BCUT2D eigenvalue weighted by Gasteiger charge is 2.08. The van der Waals surface area contributed by atoms with Crippen molar-refractivity contribution in [2.45, 2.75) is 26.3 Å². The van der Waals surface area contributed by atoms with E-state index >= 15 is 0 Å². The predicted molar refractivity (Wildman–Crippen MR) is 82.3 cm³/mol. The highest BCUT2D eigenvalue weighted by molar-refractivity contribution is 6.31. The highest BCUT2D eigenvalue weighted by atomic mass is 35.5. The first-order chi connectivity index (χ1) is 9.56. The SMILES string of the molecule is CCNCc1c(Cl)cccc1OCCCC(=O)N(C)C. The van der Waals surface area contributed by atoms with Crippen LogP contribution in [-0.2, 0) is 11.3 Å². The molecule has 0 saturated carbocycles. The van der Waals surface area contributed by atoms with Gasteiger partial charge in [-0.05, 0) is 25.1 Å². The van der Waals surface area contributed by atoms with E-state index in [2.05, 4.69) is 5.32 Å². The summed E-state index contributed by atoms with van der Waals surface area (Å²) < 4.78 is 5.75. The van der Waals surface area contributed by atoms with Crippen LogP contribution in [0.15, 0.2) is 18.2 Å². The lowest BCUT2D eigenvalue weighted by Crippen LogP contribution is -2.21. The number of carbonyl (C=O) groups excluding carboxylic acids is 1. The molecule has 1 rings (SSSR count). The minimum Gasteiger partial charge on any atom is -0.493 e. The molecule has 0 aliphatic carbocycles. The molecule has 0 atom stereocenters. The van der Waals surface area contributed by atoms with Gasteiger partial charge < -0.3 is 15.0 Å². The highest BCUT2D eigenvalue weighted by Crippen LogP contribution is 2.26. The number of amides is 1. The van der Waals surface area contributed by atoms with Gasteiger partial charge in [0, 0.05) is 37.6 Å². The van der Waals surface area contributed by atoms with Crippen LogP contribution in [0.25, 0.3) is 0 Å². The van der Waals surface area contributed by atoms with Gasteiger partial charge in [0.05, 0.1) is 6.61 Å². The van der Waals surface area contributed by atoms with Gasteiger partial charge >= 0.3 is 0 Å². The average Bonchev–Trinajstić information content (AvgIpc) is 2.42. The Labute approximate surface area is 126 Å². The summed E-state index contributed by atoms with van der Waals surface area (Å²) in [6.45, 7) is 4.12. The van der Waals surface area contributed by atoms with Crippen molar-refractivity contribution in [2.75, 3.05) is 27.2 Å². The third-order valence-electron chi connectivity index (χ3n) is 2.92. The molecule has 1 aromatic rings. The van der Waals surface area contributed by atoms with Gasteiger partial charge in [-0.15, -0.1) is 0 Å². The number of benzene rings is 1. The minimum atomic E-state index is 0.118. The fourth-order valence-electron chi connectivity index (χ4n) is 1.72. The van der Waals surface area contributed by atoms with Crippen molar-refractivity contribution in [1.29, 1.82) is 0 Å². The summed E-state index contributed by atoms with van der Waals surface area (Å²) in [6.07, 6.45) is 1.19. The van der Waals surface area contributed by atoms with Crippen molar-refractivity contribution in [1.82, 2.24) is 10.2 Å². The molecule has 4 nitrogen and oxygen atoms in total. The molecule has 0 radical (unpaired) electrons. The Balaban J connectivity index is 2.50. The van der Waals surface area contributed by atoms with Crippen LogP contribution in [0.3, 0.4) is 0 Å². The normalized spacial score (nSPS) is 10.4. The fraction of sp³-hybridized carbons (Fsp3) is 0.533. The topological polar surface area (TPSA) is 41.6 Å². The quantitative estimate of drug-likeness (QED) is 0.750. The van der Waals surface area contributed by atoms with Crippen LogP contribution >= 0.6 is 11.6 Å². The molecule has 5 heteroatoms. The number of carbonyl (C=O) groups is 1. The molecule has 0 saturated heterocycles. The van der Waals surface area contributed by atoms with Crippen molar-refractivity contribution >= 4 is 17.5 Å². The van der Waals surface area contributed by atoms with Crippen molar-refractivity contribution < 1.29 is 9.53 Å². The van der Waals surface area contributed by atoms with Gasteiger partial charge in [-0.1, -0.05) is 24.6 Å². The van der Waals surface area contributed by atoms with E-state index in [4.69, 9.17) is 16.3 Å². The molecule has 0 fully saturated rings. The van der Waals surface area contributed by atoms with E-state index in [1.165, 1.54) is 0 Å². The van der Waals surface area contributed by atoms with Gasteiger partial charge in [0.25, 0.3) is 0 Å². The van der Waals surface area contributed by atoms with Gasteiger partial charge in [0.15, 0.2) is 0 Å². The monoisotopic (exact) mass is 298 g/mol. The van der Waals surface area contributed by atoms with E-state index in [-0.39, 0.29) is 5.91 Å². The minimum absolute atomic E-state index is 0.118. The van der Waals surface area contributed by atoms with Crippen molar-refractivity contribution in [3.05, 3.63) is 28.8 Å². The van der Waals surface area contributed by atoms with Crippen molar-refractivity contribution in [3.8, 4) is 5.75 Å². The number of nitrogens with one attached hydrogen (secondary N) is 1. The van der Waals surface area contributed by atoms with Crippen LogP contribution in [0, 0.1) is 0 Å². The van der Waals surface area contributed by atoms with Gasteiger partial charge in [-0.3, -0.25) is 4.79 Å². The molecule has 0 aliphatic heterocycles. The number of hydrogen-bond acceptors (Lipinski definition) is 3. The summed E-state index contributed by atoms with van der Waals surface area (Å²) in [7, 11) is 3.52. The molecule has 0 aromatic heterocycles. The maximum Gasteiger partial charge on any atom is 0.222 e. The molecule has 1 aromatic carbocycles. The molecule has 112 valence electrons. The zero-order chi connectivity index (χ0) is 15.0. The molecule has 0 unspecified atom stereocenters. The number of halogens is 1. The van der Waals surface area contributed by atoms with Gasteiger partial charge in [-0.2, -0.15) is 0 Å². The molecule has 0 aliphatic rings. The van der Waals surface area contributed by atoms with Crippen LogP contribution in [0.1, 0.15) is 25.3 Å². The van der Waals surface area contributed by atoms with E-state index in [1.54, 1.807) is 19.0 Å². The first kappa shape index (κ1) is 16.8. The van der Waals surface area contributed by atoms with Crippen molar-refractivity contribution in [3.63, 3.8) is 0 Å². The van der Waals surface area contributed by atoms with Crippen LogP contribution in [0.4, 0.5) is 0 Å². The number of hydrogen-bond donors (Lipinski definition) is 1. The van der Waals surface area contributed by atoms with E-state index in [0.717, 1.165) is 17.9 Å². The zero-order valence-corrected chi connectivity index (χ0v) is 13.2. The van der Waals surface area contributed by atoms with Gasteiger partial charge in [-0.25, -0.2) is 0 Å². The Morgan fingerprint density at radius 1 is 1.40 bits per heavy atom. The molecule has 0 spiro atoms. The van der Waals surface area contributed by atoms with Gasteiger partial charge in [0.2, 0.25) is 5.91 Å². The molecular formula is C15H23ClN2O2. The molecule has 0 bridgehead atoms. The summed E-state index contributed by atoms with van der Waals surface area (Å²) in [5, 5.41) is 3.95. The summed E-state index contributed by atoms with van der Waals surface area (Å²) in [5.41, 5.74) is 0.968. The zero-order valence-electron chi connectivity index (χ0n) is 12.4. The molecule has 1 amide bonds. The number of nitrogens with zero attached hydrogens (tertiary/aromatic N) is 1. The maximum absolute atomic E-state index is 11.5. The predicted octanol–water partition coefficient (Wildman–Crippen LogP) is 2.70. The largest absolute Gasteiger partial charge is 0.493 e. The van der Waals surface area contributed by atoms with Crippen LogP contribution in [0.5, 0.6) is 5.75 Å². The fourth-order valence-corrected chi connectivity index (χ4v) is 1.96. The number of ether oxygens (including phenoxy) is 1. The Morgan fingerprint density at radius 2 is 2.15 bits per heavy atom. The molecular weight excluding hydrogens is 276 g/mol. The van der Waals surface area contributed by atoms with Crippen LogP contribution < -0.4 is 10.1 Å². The molecule has 20 heavy (non-hydrogen) atoms. The molecule has 1 N–H and O–H groups in total. The smallest absolute Gasteiger partial charge is 0.222 e. The van der Waals surface area contributed by atoms with E-state index < -0.39 is 0 Å². The van der Waals surface area contributed by atoms with Crippen LogP contribution in [-0.4, -0.2) is 38.1 Å². The summed E-state index contributed by atoms with van der Waals surface area (Å²) in [5.74, 6) is 0.906. The Bertz CT molecular complexity index is 436. The van der Waals surface area contributed by atoms with Gasteiger partial charge in [0.1, 0.15) is 5.75 Å². The second-order valence-corrected chi connectivity index (χ2v) is 5.14. The maximum atomic E-state index is 11.5. The molecule has 0 heterocycles. The second kappa shape index (κ2) is 8.82. The first-order valence-corrected chi connectivity index (χ1v) is 7.25. The summed E-state index contributed by atoms with van der Waals surface area (Å²) in [4.78, 5) is 13.0. The Hall–Kier alpha value is -1.26. The Kier molecular flexibility index (Phi) is 7.41. The van der Waals surface area contributed by atoms with E-state index in [1.807, 2.05) is 25.1 Å². The van der Waals surface area contributed by atoms with Crippen molar-refractivity contribution in [2.24, 2.45) is 0 Å². The average molecular weight is 299 g/mol. The lowest BCUT2D eigenvalue weighted by molar-refractivity contribution is -0.128. The number of rotatable bonds is 8. The summed E-state index contributed by atoms with van der Waals surface area (Å²) >= 11 is 6.19. The lowest BCUT2D eigenvalue weighted by atomic mass is 10.2. The Morgan fingerprint density at radius 3 is 2.80 bits per heavy atom. The standard InChI is InChI=1S/C15H23ClN2O2/c1-4-17-11-12-13(16)7-5-8-14(12)20-10-6-9-15(19)18(2)3/h5,7-8,17H,4,6,9-11H2,1-3H3. The van der Waals surface area contributed by atoms with E-state index in [9.17, 15) is 4.79 Å². The second-order valence-electron chi connectivity index (χ2n) is 4.74. The third-order valence-corrected chi connectivity index (χ3v) is 3.27. The summed E-state index contributed by atoms with van der Waals surface area (Å²) in [6, 6.07) is 5.64. The lowest BCUT2D eigenvalue weighted by Gasteiger charge is -2.14. The first-order valence-electron chi connectivity index (χ1n) is 6.87. The van der Waals surface area contributed by atoms with Crippen LogP contribution in [0.2, 0.25) is 5.02 Å². The van der Waals surface area contributed by atoms with E-state index in [0.29, 0.717) is 31.0 Å². The third kappa shape index (κ3) is 5.39.